The highest BCUT2D eigenvalue weighted by Crippen LogP contribution is 2.39. The van der Waals surface area contributed by atoms with Gasteiger partial charge in [-0.05, 0) is 76.8 Å². The summed E-state index contributed by atoms with van der Waals surface area (Å²) in [7, 11) is 3.62. The Labute approximate surface area is 293 Å². The molecule has 0 aliphatic heterocycles. The fourth-order valence-electron chi connectivity index (χ4n) is 6.59. The molecule has 10 heteroatoms. The number of rotatable bonds is 14. The van der Waals surface area contributed by atoms with E-state index in [4.69, 9.17) is 21.1 Å². The van der Waals surface area contributed by atoms with Gasteiger partial charge in [-0.15, -0.1) is 11.6 Å². The van der Waals surface area contributed by atoms with Crippen LogP contribution in [-0.2, 0) is 30.6 Å². The number of hydrogen-bond donors (Lipinski definition) is 1. The van der Waals surface area contributed by atoms with Crippen molar-refractivity contribution in [3.63, 3.8) is 0 Å². The van der Waals surface area contributed by atoms with Crippen LogP contribution in [0.1, 0.15) is 73.9 Å². The lowest BCUT2D eigenvalue weighted by Crippen LogP contribution is -2.34. The number of aromatic carboxylic acids is 1. The lowest BCUT2D eigenvalue weighted by molar-refractivity contribution is 0.0295. The summed E-state index contributed by atoms with van der Waals surface area (Å²) in [5.41, 5.74) is 4.99. The number of carboxylic acid groups (broad SMARTS) is 1. The van der Waals surface area contributed by atoms with Crippen molar-refractivity contribution in [3.8, 4) is 16.9 Å². The van der Waals surface area contributed by atoms with Crippen molar-refractivity contribution >= 4 is 45.3 Å². The first-order valence-corrected chi connectivity index (χ1v) is 17.5. The van der Waals surface area contributed by atoms with Crippen molar-refractivity contribution in [2.75, 3.05) is 20.2 Å². The molecule has 0 unspecified atom stereocenters. The third-order valence-corrected chi connectivity index (χ3v) is 9.04. The molecule has 2 aromatic heterocycles. The van der Waals surface area contributed by atoms with Gasteiger partial charge >= 0.3 is 12.1 Å². The predicted molar refractivity (Wildman–Crippen MR) is 196 cm³/mol. The number of ether oxygens (including phenoxy) is 2. The Morgan fingerprint density at radius 3 is 2.41 bits per heavy atom. The molecule has 0 fully saturated rings. The van der Waals surface area contributed by atoms with Gasteiger partial charge in [-0.25, -0.2) is 9.59 Å². The van der Waals surface area contributed by atoms with Gasteiger partial charge in [0.05, 0.1) is 29.4 Å². The van der Waals surface area contributed by atoms with Crippen molar-refractivity contribution in [1.82, 2.24) is 19.2 Å². The molecule has 1 amide bonds. The van der Waals surface area contributed by atoms with Crippen LogP contribution < -0.4 is 4.74 Å². The molecule has 0 aliphatic carbocycles. The van der Waals surface area contributed by atoms with Gasteiger partial charge in [-0.2, -0.15) is 5.10 Å². The third kappa shape index (κ3) is 8.05. The normalized spacial score (nSPS) is 11.7. The number of aryl methyl sites for hydroxylation is 4. The SMILES string of the molecule is Cc1nn(C)c(CCl)c1-c1cccc2c(CCCOc3cccc4ccccc34)c(C(=O)O)n(CCCCCN(C)C(=O)OC(C)(C)C)c12. The molecule has 0 saturated carbocycles. The van der Waals surface area contributed by atoms with Crippen LogP contribution in [-0.4, -0.2) is 62.2 Å². The molecule has 0 radical (unpaired) electrons. The molecule has 5 aromatic rings. The fraction of sp³-hybridized carbons (Fsp3) is 0.410. The molecule has 2 heterocycles. The molecular weight excluding hydrogens is 640 g/mol. The van der Waals surface area contributed by atoms with E-state index in [1.807, 2.05) is 87.8 Å². The summed E-state index contributed by atoms with van der Waals surface area (Å²) in [6.07, 6.45) is 3.13. The Hall–Kier alpha value is -4.50. The predicted octanol–water partition coefficient (Wildman–Crippen LogP) is 8.99. The maximum absolute atomic E-state index is 13.1. The van der Waals surface area contributed by atoms with Gasteiger partial charge in [-0.1, -0.05) is 54.6 Å². The average Bonchev–Trinajstić information content (AvgIpc) is 3.53. The molecule has 0 atom stereocenters. The number of alkyl halides is 1. The molecule has 0 spiro atoms. The van der Waals surface area contributed by atoms with E-state index in [1.165, 1.54) is 0 Å². The zero-order valence-electron chi connectivity index (χ0n) is 29.4. The number of nitrogens with zero attached hydrogens (tertiary/aromatic N) is 4. The summed E-state index contributed by atoms with van der Waals surface area (Å²) in [6.45, 7) is 9.02. The maximum Gasteiger partial charge on any atom is 0.410 e. The summed E-state index contributed by atoms with van der Waals surface area (Å²) in [5, 5.41) is 18.4. The van der Waals surface area contributed by atoms with Crippen molar-refractivity contribution < 1.29 is 24.2 Å². The van der Waals surface area contributed by atoms with E-state index in [0.717, 1.165) is 74.8 Å². The van der Waals surface area contributed by atoms with Gasteiger partial charge in [0.2, 0.25) is 0 Å². The number of fused-ring (bicyclic) bond motifs is 2. The summed E-state index contributed by atoms with van der Waals surface area (Å²) >= 11 is 6.44. The Bertz CT molecular complexity index is 1950. The summed E-state index contributed by atoms with van der Waals surface area (Å²) in [5.74, 6) is 0.135. The minimum absolute atomic E-state index is 0.277. The number of amides is 1. The molecular formula is C39H47ClN4O5. The fourth-order valence-corrected chi connectivity index (χ4v) is 6.90. The highest BCUT2D eigenvalue weighted by atomic mass is 35.5. The molecule has 260 valence electrons. The molecule has 0 aliphatic rings. The number of carbonyl (C=O) groups excluding carboxylic acids is 1. The Morgan fingerprint density at radius 2 is 1.67 bits per heavy atom. The number of halogens is 1. The Balaban J connectivity index is 1.43. The largest absolute Gasteiger partial charge is 0.493 e. The molecule has 1 N–H and O–H groups in total. The van der Waals surface area contributed by atoms with Crippen LogP contribution in [0.2, 0.25) is 0 Å². The summed E-state index contributed by atoms with van der Waals surface area (Å²) in [4.78, 5) is 27.1. The van der Waals surface area contributed by atoms with Crippen LogP contribution in [0, 0.1) is 6.92 Å². The molecule has 49 heavy (non-hydrogen) atoms. The van der Waals surface area contributed by atoms with Gasteiger partial charge in [0, 0.05) is 49.1 Å². The van der Waals surface area contributed by atoms with E-state index in [2.05, 4.69) is 17.2 Å². The topological polar surface area (TPSA) is 98.8 Å². The average molecular weight is 687 g/mol. The second-order valence-electron chi connectivity index (χ2n) is 13.5. The van der Waals surface area contributed by atoms with E-state index in [9.17, 15) is 14.7 Å². The van der Waals surface area contributed by atoms with Crippen LogP contribution in [0.15, 0.2) is 60.7 Å². The second-order valence-corrected chi connectivity index (χ2v) is 13.8. The van der Waals surface area contributed by atoms with Crippen LogP contribution in [0.3, 0.4) is 0 Å². The maximum atomic E-state index is 13.1. The second kappa shape index (κ2) is 15.4. The van der Waals surface area contributed by atoms with E-state index >= 15 is 0 Å². The third-order valence-electron chi connectivity index (χ3n) is 8.79. The zero-order valence-corrected chi connectivity index (χ0v) is 30.1. The van der Waals surface area contributed by atoms with Crippen molar-refractivity contribution in [2.45, 2.75) is 77.8 Å². The number of para-hydroxylation sites is 1. The van der Waals surface area contributed by atoms with Crippen molar-refractivity contribution in [1.29, 1.82) is 0 Å². The van der Waals surface area contributed by atoms with Crippen LogP contribution in [0.5, 0.6) is 5.75 Å². The molecule has 3 aromatic carbocycles. The monoisotopic (exact) mass is 686 g/mol. The zero-order chi connectivity index (χ0) is 35.3. The first kappa shape index (κ1) is 35.8. The highest BCUT2D eigenvalue weighted by Gasteiger charge is 2.26. The van der Waals surface area contributed by atoms with Gasteiger partial charge < -0.3 is 24.0 Å². The minimum atomic E-state index is -0.961. The van der Waals surface area contributed by atoms with Crippen LogP contribution in [0.25, 0.3) is 32.8 Å². The van der Waals surface area contributed by atoms with E-state index < -0.39 is 11.6 Å². The van der Waals surface area contributed by atoms with Crippen molar-refractivity contribution in [2.24, 2.45) is 7.05 Å². The van der Waals surface area contributed by atoms with Gasteiger partial charge in [0.1, 0.15) is 17.0 Å². The molecule has 0 saturated heterocycles. The Kier molecular flexibility index (Phi) is 11.2. The number of hydrogen-bond acceptors (Lipinski definition) is 5. The molecule has 9 nitrogen and oxygen atoms in total. The van der Waals surface area contributed by atoms with Crippen LogP contribution >= 0.6 is 11.6 Å². The first-order valence-electron chi connectivity index (χ1n) is 16.9. The quantitative estimate of drug-likeness (QED) is 0.0925. The smallest absolute Gasteiger partial charge is 0.410 e. The number of benzene rings is 3. The van der Waals surface area contributed by atoms with E-state index in [1.54, 1.807) is 16.6 Å². The van der Waals surface area contributed by atoms with Crippen molar-refractivity contribution in [3.05, 3.63) is 83.3 Å². The summed E-state index contributed by atoms with van der Waals surface area (Å²) < 4.78 is 15.5. The minimum Gasteiger partial charge on any atom is -0.493 e. The van der Waals surface area contributed by atoms with E-state index in [0.29, 0.717) is 38.2 Å². The van der Waals surface area contributed by atoms with E-state index in [-0.39, 0.29) is 12.0 Å². The highest BCUT2D eigenvalue weighted by molar-refractivity contribution is 6.17. The number of unbranched alkanes of at least 4 members (excludes halogenated alkanes) is 2. The lowest BCUT2D eigenvalue weighted by atomic mass is 9.98. The number of carbonyl (C=O) groups is 2. The number of aromatic nitrogens is 3. The van der Waals surface area contributed by atoms with Gasteiger partial charge in [-0.3, -0.25) is 4.68 Å². The molecule has 0 bridgehead atoms. The molecule has 5 rings (SSSR count). The number of carboxylic acids is 1. The van der Waals surface area contributed by atoms with Crippen LogP contribution in [0.4, 0.5) is 4.79 Å². The lowest BCUT2D eigenvalue weighted by Gasteiger charge is -2.24. The standard InChI is InChI=1S/C39H47ClN4O5/c1-26-34(32(25-40)43(6)41-26)31-19-13-18-29-30(20-14-24-48-33-21-12-16-27-15-8-9-17-28(27)33)36(37(45)46)44(35(29)31)23-11-7-10-22-42(5)38(47)49-39(2,3)4/h8-9,12-13,15-19,21H,7,10-11,14,20,22-25H2,1-6H3,(H,45,46). The van der Waals surface area contributed by atoms with Gasteiger partial charge in [0.25, 0.3) is 0 Å². The first-order chi connectivity index (χ1) is 23.4. The summed E-state index contributed by atoms with van der Waals surface area (Å²) in [6, 6.07) is 20.2. The van der Waals surface area contributed by atoms with Gasteiger partial charge in [0.15, 0.2) is 0 Å². The Morgan fingerprint density at radius 1 is 0.959 bits per heavy atom.